The van der Waals surface area contributed by atoms with Crippen LogP contribution in [0.25, 0.3) is 0 Å². The molecule has 0 bridgehead atoms. The number of amides is 2. The van der Waals surface area contributed by atoms with Crippen LogP contribution in [-0.4, -0.2) is 132 Å². The zero-order chi connectivity index (χ0) is 42.6. The van der Waals surface area contributed by atoms with E-state index in [0.717, 1.165) is 63.7 Å². The molecule has 320 valence electrons. The summed E-state index contributed by atoms with van der Waals surface area (Å²) < 4.78 is 67.0. The lowest BCUT2D eigenvalue weighted by atomic mass is 9.78. The third-order valence-electron chi connectivity index (χ3n) is 11.6. The molecule has 4 heterocycles. The monoisotopic (exact) mass is 834 g/mol. The van der Waals surface area contributed by atoms with Crippen LogP contribution in [0.4, 0.5) is 23.2 Å². The van der Waals surface area contributed by atoms with Gasteiger partial charge in [-0.05, 0) is 67.8 Å². The summed E-state index contributed by atoms with van der Waals surface area (Å²) in [6, 6.07) is 16.4. The molecule has 0 aromatic heterocycles. The first-order chi connectivity index (χ1) is 28.9. The second-order valence-electron chi connectivity index (χ2n) is 15.3. The number of likely N-dealkylation sites (tertiary alicyclic amines) is 2. The number of nitriles is 1. The number of likely N-dealkylation sites (N-methyl/N-ethyl adjacent to an activating group) is 1. The van der Waals surface area contributed by atoms with Crippen molar-refractivity contribution < 1.29 is 43.2 Å². The Labute approximate surface area is 347 Å². The molecule has 2 amide bonds. The molecule has 3 aromatic rings. The van der Waals surface area contributed by atoms with Gasteiger partial charge in [0.2, 0.25) is 0 Å². The van der Waals surface area contributed by atoms with Crippen molar-refractivity contribution in [2.24, 2.45) is 10.7 Å². The Morgan fingerprint density at radius 1 is 1.08 bits per heavy atom. The molecule has 1 unspecified atom stereocenters. The van der Waals surface area contributed by atoms with Gasteiger partial charge in [-0.1, -0.05) is 24.3 Å². The number of carbonyl (C=O) groups excluding carboxylic acids is 2. The molecular formula is C43H50F4N8O5. The summed E-state index contributed by atoms with van der Waals surface area (Å²) in [5, 5.41) is 24.4. The molecule has 4 N–H and O–H groups in total. The van der Waals surface area contributed by atoms with Gasteiger partial charge in [0.05, 0.1) is 42.3 Å². The third-order valence-corrected chi connectivity index (χ3v) is 11.6. The number of amidine groups is 1. The summed E-state index contributed by atoms with van der Waals surface area (Å²) in [5.41, 5.74) is 6.12. The highest BCUT2D eigenvalue weighted by Gasteiger charge is 2.47. The van der Waals surface area contributed by atoms with Gasteiger partial charge in [0.15, 0.2) is 0 Å². The number of aliphatic hydroxyl groups is 1. The number of piperazine rings is 1. The molecule has 4 atom stereocenters. The molecule has 0 spiro atoms. The number of ether oxygens (including phenoxy) is 2. The van der Waals surface area contributed by atoms with Gasteiger partial charge >= 0.3 is 6.18 Å². The topological polar surface area (TPSA) is 160 Å². The van der Waals surface area contributed by atoms with E-state index in [-0.39, 0.29) is 30.6 Å². The quantitative estimate of drug-likeness (QED) is 0.222. The highest BCUT2D eigenvalue weighted by Crippen LogP contribution is 2.40. The molecule has 60 heavy (non-hydrogen) atoms. The predicted octanol–water partition coefficient (Wildman–Crippen LogP) is 4.48. The number of aliphatic imine (C=N–C) groups is 1. The van der Waals surface area contributed by atoms with Crippen molar-refractivity contribution in [1.82, 2.24) is 24.9 Å². The molecule has 7 rings (SSSR count). The second-order valence-corrected chi connectivity index (χ2v) is 15.3. The van der Waals surface area contributed by atoms with Crippen molar-refractivity contribution in [1.29, 1.82) is 5.26 Å². The average Bonchev–Trinajstić information content (AvgIpc) is 3.71. The van der Waals surface area contributed by atoms with E-state index in [1.54, 1.807) is 31.2 Å². The van der Waals surface area contributed by atoms with Gasteiger partial charge in [0.25, 0.3) is 11.8 Å². The van der Waals surface area contributed by atoms with Crippen LogP contribution in [0, 0.1) is 17.1 Å². The maximum absolute atomic E-state index is 14.7. The first kappa shape index (κ1) is 42.7. The number of halogens is 4. The van der Waals surface area contributed by atoms with Gasteiger partial charge in [-0.25, -0.2) is 9.38 Å². The number of benzene rings is 3. The van der Waals surface area contributed by atoms with E-state index in [2.05, 4.69) is 21.2 Å². The van der Waals surface area contributed by atoms with Crippen LogP contribution >= 0.6 is 0 Å². The predicted molar refractivity (Wildman–Crippen MR) is 216 cm³/mol. The van der Waals surface area contributed by atoms with Crippen LogP contribution in [0.2, 0.25) is 0 Å². The van der Waals surface area contributed by atoms with E-state index in [0.29, 0.717) is 61.6 Å². The number of hydrogen-bond donors (Lipinski definition) is 3. The first-order valence-electron chi connectivity index (χ1n) is 20.1. The molecule has 13 nitrogen and oxygen atoms in total. The zero-order valence-electron chi connectivity index (χ0n) is 33.2. The van der Waals surface area contributed by atoms with Crippen molar-refractivity contribution in [2.75, 3.05) is 65.6 Å². The van der Waals surface area contributed by atoms with Crippen LogP contribution in [0.3, 0.4) is 0 Å². The molecule has 3 aromatic carbocycles. The largest absolute Gasteiger partial charge is 0.492 e. The number of hydrogen-bond acceptors (Lipinski definition) is 11. The van der Waals surface area contributed by atoms with Crippen LogP contribution in [0.15, 0.2) is 89.1 Å². The van der Waals surface area contributed by atoms with Crippen molar-refractivity contribution in [3.8, 4) is 11.8 Å². The molecule has 4 fully saturated rings. The molecular weight excluding hydrogens is 785 g/mol. The number of piperidine rings is 1. The van der Waals surface area contributed by atoms with Crippen LogP contribution in [-0.2, 0) is 15.7 Å². The lowest BCUT2D eigenvalue weighted by molar-refractivity contribution is -0.137. The van der Waals surface area contributed by atoms with E-state index < -0.39 is 53.6 Å². The van der Waals surface area contributed by atoms with Crippen molar-refractivity contribution in [3.63, 3.8) is 0 Å². The molecule has 0 aliphatic carbocycles. The fourth-order valence-corrected chi connectivity index (χ4v) is 8.22. The Morgan fingerprint density at radius 3 is 2.48 bits per heavy atom. The summed E-state index contributed by atoms with van der Waals surface area (Å²) >= 11 is 0. The van der Waals surface area contributed by atoms with Crippen molar-refractivity contribution in [2.45, 2.75) is 56.2 Å². The van der Waals surface area contributed by atoms with Crippen LogP contribution < -0.4 is 15.8 Å². The van der Waals surface area contributed by atoms with Crippen LogP contribution in [0.1, 0.15) is 48.6 Å². The number of aliphatic hydroxyl groups excluding tert-OH is 1. The summed E-state index contributed by atoms with van der Waals surface area (Å²) in [5.74, 6) is -2.94. The van der Waals surface area contributed by atoms with E-state index >= 15 is 0 Å². The highest BCUT2D eigenvalue weighted by atomic mass is 19.4. The highest BCUT2D eigenvalue weighted by molar-refractivity contribution is 6.16. The Balaban J connectivity index is 0.00000622. The SMILES string of the molecule is CCN1C(=O)[C@@H](NC(=O)c2cccc(C(F)(F)F)c2)[C@@H](c2ccc(F)cc2)/C(=C(/N)C(O)N2CCC[C@H]2C#N)C1=Nc1cccc(OCCN2CCN(C3COC3)CC2)c1.[HH]. The summed E-state index contributed by atoms with van der Waals surface area (Å²) in [7, 11) is 0. The Bertz CT molecular complexity index is 2140. The maximum atomic E-state index is 14.7. The summed E-state index contributed by atoms with van der Waals surface area (Å²) in [6.45, 7) is 8.45. The van der Waals surface area contributed by atoms with Crippen molar-refractivity contribution >= 4 is 23.3 Å². The lowest BCUT2D eigenvalue weighted by Crippen LogP contribution is -2.60. The summed E-state index contributed by atoms with van der Waals surface area (Å²) in [6.07, 6.45) is -5.20. The Hall–Kier alpha value is -5.38. The molecule has 0 radical (unpaired) electrons. The van der Waals surface area contributed by atoms with Crippen molar-refractivity contribution in [3.05, 3.63) is 107 Å². The smallest absolute Gasteiger partial charge is 0.416 e. The van der Waals surface area contributed by atoms with Gasteiger partial charge in [0.1, 0.15) is 42.3 Å². The standard InChI is InChI=1S/C43H48F4N8O5.H2/c1-2-54-39(50-31-8-4-10-34(23-31)60-21-20-52-16-18-53(19-17-52)33-25-59-26-33)36(37(49)41(57)55-15-5-9-32(55)24-48)35(27-11-13-30(44)14-12-27)38(42(54)58)51-40(56)28-6-3-7-29(22-28)43(45,46)47;/h3-4,6-8,10-14,22-23,32-33,35,38,41,57H,2,5,9,15-21,25-26,49H2,1H3,(H,51,56);1H/b37-36-,50-39?;/t32-,35-,38-,41?;/m0./s1. The molecule has 0 saturated carbocycles. The van der Waals surface area contributed by atoms with E-state index in [1.165, 1.54) is 28.0 Å². The maximum Gasteiger partial charge on any atom is 0.416 e. The normalized spacial score (nSPS) is 24.2. The number of nitrogens with zero attached hydrogens (tertiary/aromatic N) is 6. The van der Waals surface area contributed by atoms with Crippen LogP contribution in [0.5, 0.6) is 5.75 Å². The van der Waals surface area contributed by atoms with Gasteiger partial charge in [-0.15, -0.1) is 0 Å². The molecule has 4 aliphatic rings. The molecule has 4 aliphatic heterocycles. The third kappa shape index (κ3) is 9.33. The minimum absolute atomic E-state index is 0. The second kappa shape index (κ2) is 18.5. The number of rotatable bonds is 12. The minimum atomic E-state index is -4.74. The lowest BCUT2D eigenvalue weighted by Gasteiger charge is -2.42. The Morgan fingerprint density at radius 2 is 1.82 bits per heavy atom. The van der Waals surface area contributed by atoms with E-state index in [9.17, 15) is 37.5 Å². The molecule has 4 saturated heterocycles. The number of carbonyl (C=O) groups is 2. The average molecular weight is 835 g/mol. The number of nitrogens with one attached hydrogen (secondary N) is 1. The van der Waals surface area contributed by atoms with Gasteiger partial charge < -0.3 is 25.6 Å². The Kier molecular flexibility index (Phi) is 13.2. The molecule has 17 heteroatoms. The zero-order valence-corrected chi connectivity index (χ0v) is 33.2. The summed E-state index contributed by atoms with van der Waals surface area (Å²) in [4.78, 5) is 41.0. The fraction of sp³-hybridized carbons (Fsp3) is 0.442. The van der Waals surface area contributed by atoms with Gasteiger partial charge in [-0.2, -0.15) is 18.4 Å². The van der Waals surface area contributed by atoms with Gasteiger partial charge in [-0.3, -0.25) is 29.2 Å². The van der Waals surface area contributed by atoms with E-state index in [1.807, 2.05) is 0 Å². The number of alkyl halides is 3. The fourth-order valence-electron chi connectivity index (χ4n) is 8.22. The van der Waals surface area contributed by atoms with Gasteiger partial charge in [0, 0.05) is 70.4 Å². The van der Waals surface area contributed by atoms with E-state index in [4.69, 9.17) is 20.2 Å². The first-order valence-corrected chi connectivity index (χ1v) is 20.1. The number of nitrogens with two attached hydrogens (primary N) is 1. The minimum Gasteiger partial charge on any atom is -0.492 e.